The second-order valence-electron chi connectivity index (χ2n) is 2.98. The average molecular weight is 283 g/mol. The largest absolute Gasteiger partial charge is 0.509 e. The number of aliphatic carboxylic acids is 1. The monoisotopic (exact) mass is 282 g/mol. The Balaban J connectivity index is 0.000000180. The molecule has 2 unspecified atom stereocenters. The quantitative estimate of drug-likeness (QED) is 0.545. The lowest BCUT2D eigenvalue weighted by atomic mass is 10.4. The number of hydrogen-bond acceptors (Lipinski definition) is 8. The van der Waals surface area contributed by atoms with Gasteiger partial charge in [0, 0.05) is 0 Å². The highest BCUT2D eigenvalue weighted by molar-refractivity contribution is 6.64. The van der Waals surface area contributed by atoms with Crippen molar-refractivity contribution in [2.24, 2.45) is 0 Å². The average Bonchev–Trinajstić information content (AvgIpc) is 2.88. The summed E-state index contributed by atoms with van der Waals surface area (Å²) >= 11 is 4.95. The molecule has 2 aliphatic heterocycles. The van der Waals surface area contributed by atoms with Crippen molar-refractivity contribution in [3.8, 4) is 0 Å². The Hall–Kier alpha value is -2.03. The van der Waals surface area contributed by atoms with Gasteiger partial charge < -0.3 is 24.1 Å². The van der Waals surface area contributed by atoms with E-state index in [2.05, 4.69) is 18.9 Å². The van der Waals surface area contributed by atoms with E-state index in [1.165, 1.54) is 0 Å². The fraction of sp³-hybridized carbons (Fsp3) is 0.500. The second kappa shape index (κ2) is 6.05. The van der Waals surface area contributed by atoms with Crippen molar-refractivity contribution in [2.75, 3.05) is 13.2 Å². The second-order valence-corrected chi connectivity index (χ2v) is 3.35. The summed E-state index contributed by atoms with van der Waals surface area (Å²) in [7, 11) is 0. The molecule has 0 aromatic rings. The first-order chi connectivity index (χ1) is 8.40. The minimum atomic E-state index is -1.18. The van der Waals surface area contributed by atoms with Gasteiger partial charge in [0.1, 0.15) is 13.2 Å². The van der Waals surface area contributed by atoms with E-state index in [0.29, 0.717) is 0 Å². The maximum absolute atomic E-state index is 10.2. The Labute approximate surface area is 104 Å². The third-order valence-electron chi connectivity index (χ3n) is 1.71. The van der Waals surface area contributed by atoms with Crippen LogP contribution in [0.2, 0.25) is 0 Å². The lowest BCUT2D eigenvalue weighted by Gasteiger charge is -1.94. The summed E-state index contributed by atoms with van der Waals surface area (Å²) in [5, 5.41) is 7.47. The van der Waals surface area contributed by atoms with Gasteiger partial charge in [0.2, 0.25) is 12.2 Å². The minimum Gasteiger partial charge on any atom is -0.478 e. The van der Waals surface area contributed by atoms with Crippen LogP contribution in [0.4, 0.5) is 9.59 Å². The highest BCUT2D eigenvalue weighted by Crippen LogP contribution is 2.08. The number of hydrogen-bond donors (Lipinski definition) is 1. The third-order valence-corrected chi connectivity index (χ3v) is 1.95. The van der Waals surface area contributed by atoms with Gasteiger partial charge in [-0.2, -0.15) is 0 Å². The zero-order chi connectivity index (χ0) is 13.7. The number of carbonyl (C=O) groups excluding carboxylic acids is 3. The van der Waals surface area contributed by atoms with E-state index in [4.69, 9.17) is 16.7 Å². The zero-order valence-corrected chi connectivity index (χ0v) is 9.42. The van der Waals surface area contributed by atoms with Gasteiger partial charge in [0.05, 0.1) is 0 Å². The van der Waals surface area contributed by atoms with E-state index in [9.17, 15) is 19.2 Å². The molecule has 0 bridgehead atoms. The van der Waals surface area contributed by atoms with Crippen LogP contribution in [0.15, 0.2) is 0 Å². The van der Waals surface area contributed by atoms with Crippen LogP contribution < -0.4 is 0 Å². The summed E-state index contributed by atoms with van der Waals surface area (Å²) in [4.78, 5) is 40.3. The van der Waals surface area contributed by atoms with E-state index >= 15 is 0 Å². The van der Waals surface area contributed by atoms with Gasteiger partial charge in [0.15, 0.2) is 0 Å². The molecule has 2 heterocycles. The first-order valence-electron chi connectivity index (χ1n) is 4.49. The Morgan fingerprint density at radius 1 is 1.06 bits per heavy atom. The maximum Gasteiger partial charge on any atom is 0.509 e. The summed E-state index contributed by atoms with van der Waals surface area (Å²) in [6.45, 7) is -0.255. The Morgan fingerprint density at radius 2 is 1.50 bits per heavy atom. The van der Waals surface area contributed by atoms with Gasteiger partial charge in [-0.25, -0.2) is 14.4 Å². The van der Waals surface area contributed by atoms with Gasteiger partial charge >= 0.3 is 18.3 Å². The normalized spacial score (nSPS) is 24.9. The SMILES string of the molecule is O=C1OCC(C(=O)Cl)O1.O=C1OCC(C(=O)O)O1. The van der Waals surface area contributed by atoms with Crippen molar-refractivity contribution >= 4 is 35.1 Å². The molecule has 2 saturated heterocycles. The molecule has 0 amide bonds. The molecular weight excluding hydrogens is 276 g/mol. The Kier molecular flexibility index (Phi) is 4.72. The smallest absolute Gasteiger partial charge is 0.478 e. The molecule has 0 spiro atoms. The van der Waals surface area contributed by atoms with Gasteiger partial charge in [-0.3, -0.25) is 4.79 Å². The number of ether oxygens (including phenoxy) is 4. The van der Waals surface area contributed by atoms with Gasteiger partial charge in [-0.1, -0.05) is 0 Å². The number of rotatable bonds is 2. The standard InChI is InChI=1S/C4H3ClO4.C4H4O5/c2*5-3(6)2-1-8-4(7)9-2/h2H,1H2;2H,1H2,(H,5,6). The van der Waals surface area contributed by atoms with Crippen molar-refractivity contribution in [2.45, 2.75) is 12.2 Å². The van der Waals surface area contributed by atoms with Crippen molar-refractivity contribution in [3.05, 3.63) is 0 Å². The fourth-order valence-electron chi connectivity index (χ4n) is 0.889. The summed E-state index contributed by atoms with van der Waals surface area (Å²) in [6, 6.07) is 0. The first-order valence-corrected chi connectivity index (χ1v) is 4.87. The molecule has 2 rings (SSSR count). The first kappa shape index (κ1) is 14.0. The molecule has 18 heavy (non-hydrogen) atoms. The van der Waals surface area contributed by atoms with E-state index < -0.39 is 35.7 Å². The molecule has 9 nitrogen and oxygen atoms in total. The van der Waals surface area contributed by atoms with E-state index in [1.807, 2.05) is 0 Å². The molecular formula is C8H7ClO9. The number of cyclic esters (lactones) is 4. The molecule has 2 fully saturated rings. The van der Waals surface area contributed by atoms with Crippen molar-refractivity contribution in [3.63, 3.8) is 0 Å². The van der Waals surface area contributed by atoms with Crippen LogP contribution in [-0.2, 0) is 28.5 Å². The molecule has 0 saturated carbocycles. The Bertz CT molecular complexity index is 343. The van der Waals surface area contributed by atoms with Crippen LogP contribution in [0, 0.1) is 0 Å². The zero-order valence-electron chi connectivity index (χ0n) is 8.66. The van der Waals surface area contributed by atoms with Gasteiger partial charge in [0.25, 0.3) is 5.24 Å². The summed E-state index contributed by atoms with van der Waals surface area (Å²) in [5.41, 5.74) is 0. The van der Waals surface area contributed by atoms with Gasteiger partial charge in [-0.05, 0) is 11.6 Å². The molecule has 1 N–H and O–H groups in total. The number of carboxylic acid groups (broad SMARTS) is 1. The molecule has 0 aliphatic carbocycles. The van der Waals surface area contributed by atoms with E-state index in [0.717, 1.165) is 0 Å². The molecule has 0 radical (unpaired) electrons. The molecule has 2 aliphatic rings. The summed E-state index contributed by atoms with van der Waals surface area (Å²) in [5.74, 6) is -1.18. The van der Waals surface area contributed by atoms with Crippen LogP contribution in [-0.4, -0.2) is 54.1 Å². The number of carbonyl (C=O) groups is 4. The minimum absolute atomic E-state index is 0.0683. The van der Waals surface area contributed by atoms with Gasteiger partial charge in [-0.15, -0.1) is 0 Å². The lowest BCUT2D eigenvalue weighted by Crippen LogP contribution is -2.21. The van der Waals surface area contributed by atoms with Crippen LogP contribution in [0.1, 0.15) is 0 Å². The molecule has 0 aromatic heterocycles. The molecule has 100 valence electrons. The predicted molar refractivity (Wildman–Crippen MR) is 50.9 cm³/mol. The van der Waals surface area contributed by atoms with Crippen LogP contribution >= 0.6 is 11.6 Å². The van der Waals surface area contributed by atoms with E-state index in [1.54, 1.807) is 0 Å². The summed E-state index contributed by atoms with van der Waals surface area (Å²) in [6.07, 6.45) is -3.77. The highest BCUT2D eigenvalue weighted by Gasteiger charge is 2.31. The van der Waals surface area contributed by atoms with Crippen LogP contribution in [0.5, 0.6) is 0 Å². The van der Waals surface area contributed by atoms with Crippen LogP contribution in [0.3, 0.4) is 0 Å². The number of carboxylic acids is 1. The van der Waals surface area contributed by atoms with Crippen molar-refractivity contribution in [1.29, 1.82) is 0 Å². The van der Waals surface area contributed by atoms with Crippen molar-refractivity contribution < 1.29 is 43.2 Å². The lowest BCUT2D eigenvalue weighted by molar-refractivity contribution is -0.144. The highest BCUT2D eigenvalue weighted by atomic mass is 35.5. The topological polar surface area (TPSA) is 125 Å². The fourth-order valence-corrected chi connectivity index (χ4v) is 0.997. The van der Waals surface area contributed by atoms with Crippen LogP contribution in [0.25, 0.3) is 0 Å². The third kappa shape index (κ3) is 4.09. The number of halogens is 1. The maximum atomic E-state index is 10.2. The van der Waals surface area contributed by atoms with E-state index in [-0.39, 0.29) is 13.2 Å². The molecule has 2 atom stereocenters. The predicted octanol–water partition coefficient (Wildman–Crippen LogP) is -0.106. The Morgan fingerprint density at radius 3 is 1.67 bits per heavy atom. The van der Waals surface area contributed by atoms with Crippen molar-refractivity contribution in [1.82, 2.24) is 0 Å². The molecule has 0 aromatic carbocycles. The summed E-state index contributed by atoms with van der Waals surface area (Å²) < 4.78 is 16.9. The molecule has 10 heteroatoms.